The molecule has 2 aromatic rings. The molecule has 0 spiro atoms. The first-order valence-corrected chi connectivity index (χ1v) is 9.50. The van der Waals surface area contributed by atoms with Gasteiger partial charge in [0, 0.05) is 18.2 Å². The lowest BCUT2D eigenvalue weighted by molar-refractivity contribution is 0.284. The molecule has 0 amide bonds. The maximum absolute atomic E-state index is 13.1. The Morgan fingerprint density at radius 2 is 1.88 bits per heavy atom. The second-order valence-electron chi connectivity index (χ2n) is 6.73. The summed E-state index contributed by atoms with van der Waals surface area (Å²) in [5.41, 5.74) is 1.90. The summed E-state index contributed by atoms with van der Waals surface area (Å²) in [5, 5.41) is 3.99. The number of hydrogen-bond acceptors (Lipinski definition) is 3. The van der Waals surface area contributed by atoms with E-state index in [0.29, 0.717) is 22.6 Å². The summed E-state index contributed by atoms with van der Waals surface area (Å²) in [6, 6.07) is 10.9. The lowest BCUT2D eigenvalue weighted by Gasteiger charge is -2.23. The average Bonchev–Trinajstić information content (AvgIpc) is 2.67. The fraction of sp³-hybridized carbons (Fsp3) is 0.429. The van der Waals surface area contributed by atoms with E-state index < -0.39 is 0 Å². The third kappa shape index (κ3) is 5.12. The van der Waals surface area contributed by atoms with Crippen LogP contribution in [0.2, 0.25) is 5.02 Å². The molecular formula is C21H25ClFNO2. The van der Waals surface area contributed by atoms with Gasteiger partial charge in [0.2, 0.25) is 0 Å². The van der Waals surface area contributed by atoms with Gasteiger partial charge in [-0.3, -0.25) is 0 Å². The molecule has 1 fully saturated rings. The van der Waals surface area contributed by atoms with Crippen LogP contribution in [-0.2, 0) is 13.2 Å². The summed E-state index contributed by atoms with van der Waals surface area (Å²) in [7, 11) is 1.63. The van der Waals surface area contributed by atoms with Crippen molar-refractivity contribution in [3.8, 4) is 11.5 Å². The van der Waals surface area contributed by atoms with Crippen molar-refractivity contribution in [2.24, 2.45) is 0 Å². The molecule has 0 radical (unpaired) electrons. The first-order valence-electron chi connectivity index (χ1n) is 9.13. The molecule has 0 aliphatic heterocycles. The molecule has 0 saturated heterocycles. The Balaban J connectivity index is 1.60. The fourth-order valence-electron chi connectivity index (χ4n) is 3.30. The van der Waals surface area contributed by atoms with E-state index in [1.165, 1.54) is 49.8 Å². The van der Waals surface area contributed by atoms with E-state index in [4.69, 9.17) is 21.1 Å². The minimum atomic E-state index is -0.355. The van der Waals surface area contributed by atoms with Gasteiger partial charge in [0.15, 0.2) is 11.5 Å². The summed E-state index contributed by atoms with van der Waals surface area (Å²) in [5.74, 6) is 0.978. The Labute approximate surface area is 159 Å². The number of methoxy groups -OCH3 is 1. The summed E-state index contributed by atoms with van der Waals surface area (Å²) in [6.07, 6.45) is 6.52. The van der Waals surface area contributed by atoms with Gasteiger partial charge in [0.05, 0.1) is 12.1 Å². The topological polar surface area (TPSA) is 30.5 Å². The third-order valence-electron chi connectivity index (χ3n) is 4.83. The van der Waals surface area contributed by atoms with Crippen LogP contribution >= 0.6 is 11.6 Å². The highest BCUT2D eigenvalue weighted by atomic mass is 35.5. The van der Waals surface area contributed by atoms with Gasteiger partial charge in [0.1, 0.15) is 12.4 Å². The lowest BCUT2D eigenvalue weighted by Crippen LogP contribution is -2.30. The Morgan fingerprint density at radius 1 is 1.08 bits per heavy atom. The molecule has 5 heteroatoms. The minimum absolute atomic E-state index is 0.259. The third-order valence-corrected chi connectivity index (χ3v) is 5.18. The molecule has 0 aromatic heterocycles. The lowest BCUT2D eigenvalue weighted by atomic mass is 9.95. The number of rotatable bonds is 7. The van der Waals surface area contributed by atoms with Crippen LogP contribution in [0, 0.1) is 5.82 Å². The molecule has 3 rings (SSSR count). The smallest absolute Gasteiger partial charge is 0.161 e. The van der Waals surface area contributed by atoms with E-state index in [-0.39, 0.29) is 12.4 Å². The van der Waals surface area contributed by atoms with Crippen LogP contribution in [-0.4, -0.2) is 13.2 Å². The monoisotopic (exact) mass is 377 g/mol. The van der Waals surface area contributed by atoms with Crippen molar-refractivity contribution in [1.82, 2.24) is 5.32 Å². The molecule has 1 saturated carbocycles. The van der Waals surface area contributed by atoms with Crippen molar-refractivity contribution < 1.29 is 13.9 Å². The number of benzene rings is 2. The molecule has 3 nitrogen and oxygen atoms in total. The van der Waals surface area contributed by atoms with Gasteiger partial charge in [-0.05, 0) is 42.7 Å². The summed E-state index contributed by atoms with van der Waals surface area (Å²) in [6.45, 7) is 1.08. The highest BCUT2D eigenvalue weighted by molar-refractivity contribution is 6.31. The fourth-order valence-corrected chi connectivity index (χ4v) is 3.53. The normalized spacial score (nSPS) is 15.0. The van der Waals surface area contributed by atoms with Gasteiger partial charge < -0.3 is 14.8 Å². The quantitative estimate of drug-likeness (QED) is 0.692. The maximum Gasteiger partial charge on any atom is 0.161 e. The second-order valence-corrected chi connectivity index (χ2v) is 7.13. The molecule has 140 valence electrons. The van der Waals surface area contributed by atoms with Crippen LogP contribution in [0.5, 0.6) is 11.5 Å². The molecule has 1 aliphatic carbocycles. The Morgan fingerprint density at radius 3 is 2.62 bits per heavy atom. The van der Waals surface area contributed by atoms with E-state index in [1.807, 2.05) is 18.2 Å². The van der Waals surface area contributed by atoms with Crippen molar-refractivity contribution in [3.05, 3.63) is 58.4 Å². The highest BCUT2D eigenvalue weighted by Crippen LogP contribution is 2.30. The van der Waals surface area contributed by atoms with Crippen LogP contribution < -0.4 is 14.8 Å². The first-order chi connectivity index (χ1) is 12.7. The van der Waals surface area contributed by atoms with Crippen molar-refractivity contribution in [3.63, 3.8) is 0 Å². The molecule has 1 N–H and O–H groups in total. The zero-order valence-corrected chi connectivity index (χ0v) is 15.8. The number of ether oxygens (including phenoxy) is 2. The zero-order chi connectivity index (χ0) is 18.4. The van der Waals surface area contributed by atoms with E-state index in [2.05, 4.69) is 5.32 Å². The van der Waals surface area contributed by atoms with E-state index >= 15 is 0 Å². The van der Waals surface area contributed by atoms with Gasteiger partial charge in [-0.1, -0.05) is 43.0 Å². The predicted octanol–water partition coefficient (Wildman–Crippen LogP) is 5.49. The summed E-state index contributed by atoms with van der Waals surface area (Å²) >= 11 is 6.05. The zero-order valence-electron chi connectivity index (χ0n) is 15.1. The van der Waals surface area contributed by atoms with Crippen molar-refractivity contribution in [2.75, 3.05) is 7.11 Å². The van der Waals surface area contributed by atoms with Crippen LogP contribution in [0.1, 0.15) is 43.2 Å². The Hall–Kier alpha value is -1.78. The number of hydrogen-bond donors (Lipinski definition) is 1. The number of nitrogens with one attached hydrogen (secondary N) is 1. The van der Waals surface area contributed by atoms with Crippen molar-refractivity contribution >= 4 is 11.6 Å². The Kier molecular flexibility index (Phi) is 6.75. The highest BCUT2D eigenvalue weighted by Gasteiger charge is 2.13. The van der Waals surface area contributed by atoms with Crippen LogP contribution in [0.4, 0.5) is 4.39 Å². The van der Waals surface area contributed by atoms with E-state index in [9.17, 15) is 4.39 Å². The SMILES string of the molecule is COc1cc(CNC2CCCCC2)ccc1OCc1ccc(F)cc1Cl. The van der Waals surface area contributed by atoms with E-state index in [0.717, 1.165) is 12.1 Å². The molecule has 0 bridgehead atoms. The largest absolute Gasteiger partial charge is 0.493 e. The molecule has 26 heavy (non-hydrogen) atoms. The van der Waals surface area contributed by atoms with Gasteiger partial charge in [0.25, 0.3) is 0 Å². The maximum atomic E-state index is 13.1. The van der Waals surface area contributed by atoms with Gasteiger partial charge in [-0.25, -0.2) is 4.39 Å². The summed E-state index contributed by atoms with van der Waals surface area (Å²) < 4.78 is 24.4. The number of halogens is 2. The molecule has 0 heterocycles. The molecular weight excluding hydrogens is 353 g/mol. The average molecular weight is 378 g/mol. The van der Waals surface area contributed by atoms with Crippen LogP contribution in [0.25, 0.3) is 0 Å². The Bertz CT molecular complexity index is 732. The molecule has 0 atom stereocenters. The molecule has 1 aliphatic rings. The van der Waals surface area contributed by atoms with Crippen LogP contribution in [0.3, 0.4) is 0 Å². The predicted molar refractivity (Wildman–Crippen MR) is 102 cm³/mol. The minimum Gasteiger partial charge on any atom is -0.493 e. The molecule has 2 aromatic carbocycles. The second kappa shape index (κ2) is 9.24. The van der Waals surface area contributed by atoms with Gasteiger partial charge in [-0.2, -0.15) is 0 Å². The van der Waals surface area contributed by atoms with E-state index in [1.54, 1.807) is 13.2 Å². The molecule has 0 unspecified atom stereocenters. The van der Waals surface area contributed by atoms with Gasteiger partial charge >= 0.3 is 0 Å². The van der Waals surface area contributed by atoms with Gasteiger partial charge in [-0.15, -0.1) is 0 Å². The van der Waals surface area contributed by atoms with Crippen LogP contribution in [0.15, 0.2) is 36.4 Å². The first kappa shape index (κ1) is 19.0. The standard InChI is InChI=1S/C21H25ClFNO2/c1-25-21-11-15(13-24-18-5-3-2-4-6-18)7-10-20(21)26-14-16-8-9-17(23)12-19(16)22/h7-12,18,24H,2-6,13-14H2,1H3. The van der Waals surface area contributed by atoms with Crippen molar-refractivity contribution in [1.29, 1.82) is 0 Å². The summed E-state index contributed by atoms with van der Waals surface area (Å²) in [4.78, 5) is 0. The van der Waals surface area contributed by atoms with Crippen molar-refractivity contribution in [2.45, 2.75) is 51.3 Å².